The normalized spacial score (nSPS) is 12.0. The zero-order chi connectivity index (χ0) is 25.4. The quantitative estimate of drug-likeness (QED) is 0.0959. The van der Waals surface area contributed by atoms with Gasteiger partial charge in [0.2, 0.25) is 0 Å². The van der Waals surface area contributed by atoms with Crippen LogP contribution in [0.25, 0.3) is 9.75 Å². The van der Waals surface area contributed by atoms with Crippen molar-refractivity contribution < 1.29 is 0 Å². The first-order valence-corrected chi connectivity index (χ1v) is 24.5. The summed E-state index contributed by atoms with van der Waals surface area (Å²) in [5.74, 6) is 0. The minimum absolute atomic E-state index is 1.27. The summed E-state index contributed by atoms with van der Waals surface area (Å²) in [7, 11) is 0. The van der Waals surface area contributed by atoms with Crippen LogP contribution in [-0.2, 0) is 12.8 Å². The summed E-state index contributed by atoms with van der Waals surface area (Å²) >= 11 is 1.95. The molecule has 2 rings (SSSR count). The molecule has 0 amide bonds. The summed E-state index contributed by atoms with van der Waals surface area (Å²) in [5, 5.41) is 2.48. The summed E-state index contributed by atoms with van der Waals surface area (Å²) in [6.07, 6.45) is 22.0. The van der Waals surface area contributed by atoms with Crippen LogP contribution in [0.15, 0.2) is 17.5 Å². The third kappa shape index (κ3) is 10.5. The van der Waals surface area contributed by atoms with Gasteiger partial charge in [-0.1, -0.05) is 0 Å². The van der Waals surface area contributed by atoms with E-state index in [1.54, 1.807) is 34.2 Å². The molecule has 0 radical (unpaired) electrons. The van der Waals surface area contributed by atoms with Gasteiger partial charge in [0.05, 0.1) is 0 Å². The van der Waals surface area contributed by atoms with Crippen molar-refractivity contribution >= 4 is 43.9 Å². The van der Waals surface area contributed by atoms with Crippen LogP contribution in [0.1, 0.15) is 136 Å². The van der Waals surface area contributed by atoms with E-state index in [1.807, 2.05) is 14.2 Å². The average Bonchev–Trinajstić information content (AvgIpc) is 3.52. The van der Waals surface area contributed by atoms with Crippen LogP contribution < -0.4 is 2.89 Å². The van der Waals surface area contributed by atoms with E-state index in [-0.39, 0.29) is 0 Å². The minimum atomic E-state index is -2.37. The molecule has 200 valence electrons. The molecule has 0 atom stereocenters. The average molecular weight is 624 g/mol. The van der Waals surface area contributed by atoms with Gasteiger partial charge >= 0.3 is 233 Å². The SMILES string of the molecule is CCCCCCc1csc(-c2s[c]([Sn]([CH2]CCC)([CH2]CCC)[CH2]CCC)cc2CCCCCC)c1. The van der Waals surface area contributed by atoms with E-state index in [9.17, 15) is 0 Å². The van der Waals surface area contributed by atoms with Crippen molar-refractivity contribution in [2.24, 2.45) is 0 Å². The van der Waals surface area contributed by atoms with E-state index in [4.69, 9.17) is 0 Å². The van der Waals surface area contributed by atoms with Gasteiger partial charge in [0.25, 0.3) is 0 Å². The third-order valence-electron chi connectivity index (χ3n) is 7.85. The first-order chi connectivity index (χ1) is 17.1. The molecule has 0 N–H and O–H groups in total. The van der Waals surface area contributed by atoms with Crippen molar-refractivity contribution in [1.29, 1.82) is 0 Å². The van der Waals surface area contributed by atoms with E-state index < -0.39 is 18.4 Å². The van der Waals surface area contributed by atoms with Gasteiger partial charge in [0, 0.05) is 0 Å². The monoisotopic (exact) mass is 624 g/mol. The standard InChI is InChI=1S/C20H29S2.3C4H9.Sn/c1-3-5-7-9-11-17-15-19(22-16-17)20-18(13-14-21-20)12-10-8-6-4-2;3*1-3-4-2;/h13,15-16H,3-12H2,1-2H3;3*1,3-4H2,2H3;. The second-order valence-corrected chi connectivity index (χ2v) is 27.1. The number of rotatable bonds is 21. The number of unbranched alkanes of at least 4 members (excludes halogenated alkanes) is 9. The third-order valence-corrected chi connectivity index (χ3v) is 28.4. The van der Waals surface area contributed by atoms with Crippen LogP contribution in [0.4, 0.5) is 0 Å². The Bertz CT molecular complexity index is 766. The fraction of sp³-hybridized carbons (Fsp3) is 0.750. The molecule has 0 spiro atoms. The molecule has 35 heavy (non-hydrogen) atoms. The zero-order valence-corrected chi connectivity index (χ0v) is 28.5. The van der Waals surface area contributed by atoms with E-state index in [2.05, 4.69) is 63.5 Å². The first kappa shape index (κ1) is 31.4. The molecular weight excluding hydrogens is 567 g/mol. The Kier molecular flexibility index (Phi) is 16.6. The predicted octanol–water partition coefficient (Wildman–Crippen LogP) is 11.8. The van der Waals surface area contributed by atoms with Gasteiger partial charge in [-0.15, -0.1) is 0 Å². The van der Waals surface area contributed by atoms with Crippen LogP contribution in [0, 0.1) is 0 Å². The maximum absolute atomic E-state index is 2.80. The Hall–Kier alpha value is 0.199. The van der Waals surface area contributed by atoms with Crippen LogP contribution in [0.5, 0.6) is 0 Å². The molecule has 0 aliphatic heterocycles. The maximum atomic E-state index is 2.80. The Morgan fingerprint density at radius 2 is 1.14 bits per heavy atom. The fourth-order valence-electron chi connectivity index (χ4n) is 5.50. The molecule has 0 unspecified atom stereocenters. The predicted molar refractivity (Wildman–Crippen MR) is 168 cm³/mol. The second-order valence-electron chi connectivity index (χ2n) is 11.0. The molecule has 2 aromatic rings. The van der Waals surface area contributed by atoms with Gasteiger partial charge < -0.3 is 0 Å². The molecule has 0 saturated heterocycles. The Morgan fingerprint density at radius 3 is 1.69 bits per heavy atom. The van der Waals surface area contributed by atoms with Gasteiger partial charge in [-0.2, -0.15) is 0 Å². The van der Waals surface area contributed by atoms with Crippen LogP contribution >= 0.6 is 22.7 Å². The van der Waals surface area contributed by atoms with Crippen LogP contribution in [0.3, 0.4) is 0 Å². The van der Waals surface area contributed by atoms with Gasteiger partial charge in [-0.05, 0) is 0 Å². The molecule has 0 aromatic carbocycles. The van der Waals surface area contributed by atoms with Crippen molar-refractivity contribution in [3.8, 4) is 9.75 Å². The number of hydrogen-bond donors (Lipinski definition) is 0. The molecule has 3 heteroatoms. The molecule has 0 fully saturated rings. The summed E-state index contributed by atoms with van der Waals surface area (Å²) in [6, 6.07) is 5.37. The molecule has 0 aliphatic carbocycles. The molecule has 0 bridgehead atoms. The van der Waals surface area contributed by atoms with Gasteiger partial charge in [-0.25, -0.2) is 0 Å². The van der Waals surface area contributed by atoms with Crippen molar-refractivity contribution in [3.63, 3.8) is 0 Å². The van der Waals surface area contributed by atoms with Crippen molar-refractivity contribution in [1.82, 2.24) is 0 Å². The summed E-state index contributed by atoms with van der Waals surface area (Å²) in [4.78, 5) is 3.26. The van der Waals surface area contributed by atoms with E-state index in [0.29, 0.717) is 0 Å². The molecule has 2 aromatic heterocycles. The van der Waals surface area contributed by atoms with E-state index in [0.717, 1.165) is 0 Å². The van der Waals surface area contributed by atoms with Crippen molar-refractivity contribution in [2.75, 3.05) is 0 Å². The summed E-state index contributed by atoms with van der Waals surface area (Å²) in [5.41, 5.74) is 3.30. The summed E-state index contributed by atoms with van der Waals surface area (Å²) in [6.45, 7) is 11.9. The van der Waals surface area contributed by atoms with Gasteiger partial charge in [0.1, 0.15) is 0 Å². The number of aryl methyl sites for hydroxylation is 2. The van der Waals surface area contributed by atoms with E-state index in [1.165, 1.54) is 103 Å². The second kappa shape index (κ2) is 18.5. The number of thiophene rings is 2. The Labute approximate surface area is 231 Å². The topological polar surface area (TPSA) is 0 Å². The summed E-state index contributed by atoms with van der Waals surface area (Å²) < 4.78 is 6.71. The van der Waals surface area contributed by atoms with Crippen LogP contribution in [0.2, 0.25) is 13.3 Å². The Morgan fingerprint density at radius 1 is 0.600 bits per heavy atom. The van der Waals surface area contributed by atoms with Gasteiger partial charge in [-0.3, -0.25) is 0 Å². The van der Waals surface area contributed by atoms with Crippen LogP contribution in [-0.4, -0.2) is 18.4 Å². The molecule has 2 heterocycles. The van der Waals surface area contributed by atoms with E-state index >= 15 is 0 Å². The molecule has 0 nitrogen and oxygen atoms in total. The fourth-order valence-corrected chi connectivity index (χ4v) is 27.0. The Balaban J connectivity index is 2.38. The van der Waals surface area contributed by atoms with Crippen molar-refractivity contribution in [2.45, 2.75) is 151 Å². The number of hydrogen-bond acceptors (Lipinski definition) is 2. The molecular formula is C32H56S2Sn. The van der Waals surface area contributed by atoms with Crippen molar-refractivity contribution in [3.05, 3.63) is 28.6 Å². The molecule has 0 aliphatic rings. The van der Waals surface area contributed by atoms with Gasteiger partial charge in [0.15, 0.2) is 0 Å². The first-order valence-electron chi connectivity index (χ1n) is 15.3. The molecule has 0 saturated carbocycles. The zero-order valence-electron chi connectivity index (χ0n) is 24.0.